The Labute approximate surface area is 346 Å². The molecule has 3 aliphatic carbocycles. The van der Waals surface area contributed by atoms with Gasteiger partial charge < -0.3 is 31.8 Å². The minimum absolute atomic E-state index is 0. The van der Waals surface area contributed by atoms with Crippen molar-refractivity contribution in [1.82, 2.24) is 15.0 Å². The van der Waals surface area contributed by atoms with Gasteiger partial charge in [0, 0.05) is 88.4 Å². The van der Waals surface area contributed by atoms with Gasteiger partial charge in [0.05, 0.1) is 5.69 Å². The fourth-order valence-corrected chi connectivity index (χ4v) is 8.40. The van der Waals surface area contributed by atoms with E-state index in [0.29, 0.717) is 11.4 Å². The molecule has 3 aliphatic rings. The number of Topliss-reactive ketones (excluding diaryl/α,β-unsaturated/α-hetero) is 1. The van der Waals surface area contributed by atoms with E-state index >= 15 is 0 Å². The Balaban J connectivity index is 0.000000126. The maximum Gasteiger partial charge on any atom is 0.179 e. The van der Waals surface area contributed by atoms with Gasteiger partial charge in [-0.05, 0) is 147 Å². The van der Waals surface area contributed by atoms with Crippen LogP contribution in [0.25, 0.3) is 32.7 Å². The Morgan fingerprint density at radius 1 is 0.545 bits per heavy atom. The molecule has 3 aromatic heterocycles. The summed E-state index contributed by atoms with van der Waals surface area (Å²) in [5, 5.41) is 6.62. The zero-order chi connectivity index (χ0) is 37.9. The van der Waals surface area contributed by atoms with Crippen LogP contribution in [-0.2, 0) is 19.3 Å². The number of rotatable bonds is 1. The van der Waals surface area contributed by atoms with E-state index in [9.17, 15) is 4.79 Å². The first-order valence-corrected chi connectivity index (χ1v) is 19.8. The molecule has 4 aromatic carbocycles. The molecule has 0 fully saturated rings. The first-order valence-electron chi connectivity index (χ1n) is 18.3. The monoisotopic (exact) mass is 837 g/mol. The molecule has 0 spiro atoms. The number of hydrogen-bond donors (Lipinski definition) is 7. The number of H-pyrrole nitrogens is 3. The van der Waals surface area contributed by atoms with Crippen molar-refractivity contribution in [3.05, 3.63) is 133 Å². The topological polar surface area (TPSA) is 155 Å². The number of aryl methyl sites for hydroxylation is 3. The van der Waals surface area contributed by atoms with Crippen LogP contribution < -0.4 is 22.7 Å². The fraction of sp³-hybridized carbons (Fsp3) is 0.262. The molecule has 55 heavy (non-hydrogen) atoms. The highest BCUT2D eigenvalue weighted by Crippen LogP contribution is 2.36. The van der Waals surface area contributed by atoms with Gasteiger partial charge in [0.25, 0.3) is 0 Å². The van der Waals surface area contributed by atoms with E-state index < -0.39 is 0 Å². The Morgan fingerprint density at radius 3 is 1.44 bits per heavy atom. The summed E-state index contributed by atoms with van der Waals surface area (Å²) in [6.45, 7) is 0. The van der Waals surface area contributed by atoms with Crippen molar-refractivity contribution in [2.45, 2.75) is 69.9 Å². The molecule has 10 N–H and O–H groups in total. The highest BCUT2D eigenvalue weighted by molar-refractivity contribution is 6.32. The molecule has 288 valence electrons. The number of ketones is 1. The molecular formula is C42H44Cl5N7O. The van der Waals surface area contributed by atoms with Crippen LogP contribution in [0.4, 0.5) is 5.69 Å². The summed E-state index contributed by atoms with van der Waals surface area (Å²) >= 11 is 23.6. The number of anilines is 1. The maximum atomic E-state index is 11.7. The molecule has 0 radical (unpaired) electrons. The van der Waals surface area contributed by atoms with Crippen molar-refractivity contribution < 1.29 is 4.79 Å². The molecule has 0 amide bonds. The van der Waals surface area contributed by atoms with Crippen molar-refractivity contribution >= 4 is 103 Å². The number of nitrogens with two attached hydrogens (primary N) is 3. The lowest BCUT2D eigenvalue weighted by atomic mass is 9.92. The lowest BCUT2D eigenvalue weighted by Crippen LogP contribution is -2.16. The smallest absolute Gasteiger partial charge is 0.179 e. The van der Waals surface area contributed by atoms with Gasteiger partial charge in [0.15, 0.2) is 5.78 Å². The maximum absolute atomic E-state index is 11.7. The van der Waals surface area contributed by atoms with Gasteiger partial charge in [-0.1, -0.05) is 46.4 Å². The average Bonchev–Trinajstić information content (AvgIpc) is 3.86. The molecule has 3 heterocycles. The van der Waals surface area contributed by atoms with Gasteiger partial charge in [-0.2, -0.15) is 0 Å². The number of carbonyl (C=O) groups is 1. The van der Waals surface area contributed by atoms with Gasteiger partial charge >= 0.3 is 0 Å². The first-order chi connectivity index (χ1) is 26.1. The summed E-state index contributed by atoms with van der Waals surface area (Å²) in [5.41, 5.74) is 25.9. The number of carbonyl (C=O) groups excluding carboxylic acids is 1. The second-order valence-electron chi connectivity index (χ2n) is 14.0. The van der Waals surface area contributed by atoms with Gasteiger partial charge in [0.1, 0.15) is 0 Å². The predicted molar refractivity (Wildman–Crippen MR) is 233 cm³/mol. The summed E-state index contributed by atoms with van der Waals surface area (Å²) in [7, 11) is 0. The molecule has 0 saturated carbocycles. The van der Waals surface area contributed by atoms with Crippen molar-refractivity contribution in [3.8, 4) is 0 Å². The zero-order valence-corrected chi connectivity index (χ0v) is 33.9. The SMILES string of the molecule is Cl.NC1CCCc2c1[nH]c1ccc(Cl)cc21.NC1CCCc2c1[nH]c1ccc(Cl)cc21.NNc1ccc(Cl)cc1.O=C1CCCc2c1[nH]c1ccc(Cl)cc21. The lowest BCUT2D eigenvalue weighted by Gasteiger charge is -2.18. The second kappa shape index (κ2) is 18.0. The zero-order valence-electron chi connectivity index (χ0n) is 30.1. The van der Waals surface area contributed by atoms with Crippen LogP contribution in [0.15, 0.2) is 78.9 Å². The molecular weight excluding hydrogens is 796 g/mol. The standard InChI is InChI=1S/2C12H13ClN2.C12H10ClNO.C6H7ClN2.ClH/c2*13-7-4-5-11-9(6-7)8-2-1-3-10(14)12(8)15-11;13-7-4-5-10-9(6-7)8-2-1-3-11(15)12(8)14-10;7-5-1-3-6(9-8)4-2-5;/h2*4-6,10,15H,1-3,14H2;4-6,14H,1-3H2;1-4,9H,8H2;1H. The van der Waals surface area contributed by atoms with E-state index in [1.165, 1.54) is 46.1 Å². The van der Waals surface area contributed by atoms with E-state index in [-0.39, 0.29) is 30.3 Å². The number of halogens is 5. The van der Waals surface area contributed by atoms with E-state index in [0.717, 1.165) is 92.5 Å². The Hall–Kier alpha value is -3.70. The Kier molecular flexibility index (Phi) is 13.4. The van der Waals surface area contributed by atoms with Crippen LogP contribution in [0.3, 0.4) is 0 Å². The third-order valence-electron chi connectivity index (χ3n) is 10.4. The molecule has 2 unspecified atom stereocenters. The minimum atomic E-state index is 0. The van der Waals surface area contributed by atoms with Gasteiger partial charge in [-0.3, -0.25) is 10.6 Å². The van der Waals surface area contributed by atoms with Gasteiger partial charge in [-0.15, -0.1) is 12.4 Å². The fourth-order valence-electron chi connectivity index (χ4n) is 7.75. The summed E-state index contributed by atoms with van der Waals surface area (Å²) in [4.78, 5) is 21.7. The highest BCUT2D eigenvalue weighted by Gasteiger charge is 2.23. The number of aromatic nitrogens is 3. The average molecular weight is 840 g/mol. The number of fused-ring (bicyclic) bond motifs is 9. The first kappa shape index (κ1) is 40.9. The number of nitrogen functional groups attached to an aromatic ring is 1. The summed E-state index contributed by atoms with van der Waals surface area (Å²) in [6, 6.07) is 25.2. The van der Waals surface area contributed by atoms with Crippen LogP contribution in [-0.4, -0.2) is 20.7 Å². The molecule has 0 bridgehead atoms. The third kappa shape index (κ3) is 9.14. The van der Waals surface area contributed by atoms with Crippen molar-refractivity contribution in [3.63, 3.8) is 0 Å². The van der Waals surface area contributed by atoms with Crippen LogP contribution in [0.1, 0.15) is 89.2 Å². The van der Waals surface area contributed by atoms with E-state index in [1.807, 2.05) is 66.7 Å². The largest absolute Gasteiger partial charge is 0.357 e. The van der Waals surface area contributed by atoms with E-state index in [4.69, 9.17) is 63.7 Å². The lowest BCUT2D eigenvalue weighted by molar-refractivity contribution is 0.0968. The van der Waals surface area contributed by atoms with E-state index in [1.54, 1.807) is 12.1 Å². The molecule has 10 rings (SSSR count). The van der Waals surface area contributed by atoms with Gasteiger partial charge in [0.2, 0.25) is 0 Å². The predicted octanol–water partition coefficient (Wildman–Crippen LogP) is 11.7. The number of hydrogen-bond acceptors (Lipinski definition) is 5. The number of hydrazine groups is 1. The summed E-state index contributed by atoms with van der Waals surface area (Å²) in [5.74, 6) is 5.33. The second-order valence-corrected chi connectivity index (χ2v) is 15.8. The van der Waals surface area contributed by atoms with Crippen LogP contribution >= 0.6 is 58.8 Å². The molecule has 8 nitrogen and oxygen atoms in total. The van der Waals surface area contributed by atoms with Gasteiger partial charge in [-0.25, -0.2) is 0 Å². The number of nitrogens with one attached hydrogen (secondary N) is 4. The molecule has 2 atom stereocenters. The number of aromatic amines is 3. The molecule has 0 aliphatic heterocycles. The number of benzene rings is 4. The van der Waals surface area contributed by atoms with Crippen LogP contribution in [0.2, 0.25) is 20.1 Å². The van der Waals surface area contributed by atoms with Crippen molar-refractivity contribution in [1.29, 1.82) is 0 Å². The van der Waals surface area contributed by atoms with E-state index in [2.05, 4.69) is 20.4 Å². The third-order valence-corrected chi connectivity index (χ3v) is 11.4. The summed E-state index contributed by atoms with van der Waals surface area (Å²) < 4.78 is 0. The normalized spacial score (nSPS) is 17.0. The highest BCUT2D eigenvalue weighted by atomic mass is 35.5. The van der Waals surface area contributed by atoms with Crippen LogP contribution in [0, 0.1) is 0 Å². The quantitative estimate of drug-likeness (QED) is 0.0648. The Morgan fingerprint density at radius 2 is 0.964 bits per heavy atom. The Bertz CT molecular complexity index is 2340. The van der Waals surface area contributed by atoms with Crippen LogP contribution in [0.5, 0.6) is 0 Å². The summed E-state index contributed by atoms with van der Waals surface area (Å²) in [6.07, 6.45) is 9.31. The molecule has 7 aromatic rings. The molecule has 13 heteroatoms. The van der Waals surface area contributed by atoms with Crippen molar-refractivity contribution in [2.75, 3.05) is 5.43 Å². The minimum Gasteiger partial charge on any atom is -0.357 e. The van der Waals surface area contributed by atoms with Crippen molar-refractivity contribution in [2.24, 2.45) is 17.3 Å². The molecule has 0 saturated heterocycles.